The van der Waals surface area contributed by atoms with Crippen LogP contribution >= 0.6 is 0 Å². The summed E-state index contributed by atoms with van der Waals surface area (Å²) in [7, 11) is 0. The van der Waals surface area contributed by atoms with E-state index in [9.17, 15) is 4.79 Å². The van der Waals surface area contributed by atoms with Crippen molar-refractivity contribution in [2.75, 3.05) is 19.8 Å². The zero-order chi connectivity index (χ0) is 14.2. The van der Waals surface area contributed by atoms with Gasteiger partial charge in [-0.3, -0.25) is 4.79 Å². The van der Waals surface area contributed by atoms with Crippen LogP contribution in [0.15, 0.2) is 24.3 Å². The lowest BCUT2D eigenvalue weighted by Crippen LogP contribution is -2.13. The predicted molar refractivity (Wildman–Crippen MR) is 78.8 cm³/mol. The molecule has 3 heteroatoms. The maximum Gasteiger partial charge on any atom is 0.306 e. The highest BCUT2D eigenvalue weighted by Crippen LogP contribution is 2.35. The van der Waals surface area contributed by atoms with Gasteiger partial charge in [0, 0.05) is 6.61 Å². The normalized spacial score (nSPS) is 16.9. The van der Waals surface area contributed by atoms with E-state index in [1.807, 2.05) is 6.07 Å². The Morgan fingerprint density at radius 1 is 1.25 bits per heavy atom. The van der Waals surface area contributed by atoms with Crippen LogP contribution in [0.2, 0.25) is 0 Å². The van der Waals surface area contributed by atoms with E-state index in [4.69, 9.17) is 9.47 Å². The van der Waals surface area contributed by atoms with Crippen LogP contribution in [-0.2, 0) is 20.7 Å². The molecule has 0 bridgehead atoms. The number of fused-ring (bicyclic) bond motifs is 1. The fourth-order valence-electron chi connectivity index (χ4n) is 2.68. The van der Waals surface area contributed by atoms with Crippen molar-refractivity contribution in [1.29, 1.82) is 0 Å². The van der Waals surface area contributed by atoms with E-state index in [0.29, 0.717) is 25.6 Å². The molecule has 0 radical (unpaired) electrons. The fraction of sp³-hybridized carbons (Fsp3) is 0.588. The van der Waals surface area contributed by atoms with E-state index in [-0.39, 0.29) is 5.97 Å². The van der Waals surface area contributed by atoms with Gasteiger partial charge in [-0.1, -0.05) is 37.6 Å². The van der Waals surface area contributed by atoms with Gasteiger partial charge in [0.2, 0.25) is 0 Å². The molecular weight excluding hydrogens is 252 g/mol. The number of carbonyl (C=O) groups is 1. The summed E-state index contributed by atoms with van der Waals surface area (Å²) < 4.78 is 10.6. The molecule has 0 fully saturated rings. The third-order valence-corrected chi connectivity index (χ3v) is 3.80. The van der Waals surface area contributed by atoms with Crippen LogP contribution in [0.5, 0.6) is 0 Å². The molecule has 1 unspecified atom stereocenters. The van der Waals surface area contributed by atoms with Gasteiger partial charge >= 0.3 is 5.97 Å². The van der Waals surface area contributed by atoms with Crippen LogP contribution in [0.25, 0.3) is 0 Å². The number of esters is 1. The Morgan fingerprint density at radius 3 is 2.95 bits per heavy atom. The average Bonchev–Trinajstić information content (AvgIpc) is 2.86. The van der Waals surface area contributed by atoms with Gasteiger partial charge < -0.3 is 9.47 Å². The summed E-state index contributed by atoms with van der Waals surface area (Å²) in [6.45, 7) is 3.76. The molecule has 20 heavy (non-hydrogen) atoms. The lowest BCUT2D eigenvalue weighted by Gasteiger charge is -2.11. The van der Waals surface area contributed by atoms with Gasteiger partial charge in [-0.15, -0.1) is 0 Å². The second kappa shape index (κ2) is 8.05. The highest BCUT2D eigenvalue weighted by molar-refractivity contribution is 5.71. The van der Waals surface area contributed by atoms with E-state index >= 15 is 0 Å². The Balaban J connectivity index is 1.66. The van der Waals surface area contributed by atoms with Crippen LogP contribution in [0.1, 0.15) is 49.7 Å². The van der Waals surface area contributed by atoms with Crippen LogP contribution < -0.4 is 0 Å². The number of ether oxygens (including phenoxy) is 2. The lowest BCUT2D eigenvalue weighted by molar-refractivity contribution is -0.145. The number of aryl methyl sites for hydroxylation is 1. The highest BCUT2D eigenvalue weighted by Gasteiger charge is 2.24. The average molecular weight is 276 g/mol. The number of hydrogen-bond acceptors (Lipinski definition) is 3. The van der Waals surface area contributed by atoms with Crippen molar-refractivity contribution in [1.82, 2.24) is 0 Å². The monoisotopic (exact) mass is 276 g/mol. The largest absolute Gasteiger partial charge is 0.463 e. The van der Waals surface area contributed by atoms with E-state index in [0.717, 1.165) is 32.3 Å². The second-order valence-electron chi connectivity index (χ2n) is 5.32. The van der Waals surface area contributed by atoms with Crippen molar-refractivity contribution >= 4 is 5.97 Å². The molecular formula is C17H24O3. The molecule has 1 aliphatic rings. The van der Waals surface area contributed by atoms with Crippen molar-refractivity contribution in [2.24, 2.45) is 0 Å². The van der Waals surface area contributed by atoms with Crippen molar-refractivity contribution in [2.45, 2.75) is 44.9 Å². The molecule has 3 nitrogen and oxygen atoms in total. The number of unbranched alkanes of at least 4 members (excludes halogenated alkanes) is 1. The first kappa shape index (κ1) is 15.0. The van der Waals surface area contributed by atoms with E-state index in [2.05, 4.69) is 25.1 Å². The minimum Gasteiger partial charge on any atom is -0.463 e. The lowest BCUT2D eigenvalue weighted by atomic mass is 9.98. The molecule has 0 heterocycles. The Labute approximate surface area is 121 Å². The first-order valence-corrected chi connectivity index (χ1v) is 7.62. The molecule has 2 rings (SSSR count). The summed E-state index contributed by atoms with van der Waals surface area (Å²) in [6.07, 6.45) is 4.81. The maximum absolute atomic E-state index is 11.8. The third-order valence-electron chi connectivity index (χ3n) is 3.80. The topological polar surface area (TPSA) is 35.5 Å². The molecule has 0 amide bonds. The summed E-state index contributed by atoms with van der Waals surface area (Å²) in [5.74, 6) is 0.227. The van der Waals surface area contributed by atoms with E-state index in [1.54, 1.807) is 0 Å². The third kappa shape index (κ3) is 4.34. The zero-order valence-corrected chi connectivity index (χ0v) is 12.3. The fourth-order valence-corrected chi connectivity index (χ4v) is 2.68. The summed E-state index contributed by atoms with van der Waals surface area (Å²) in [5.41, 5.74) is 2.71. The first-order valence-electron chi connectivity index (χ1n) is 7.62. The van der Waals surface area contributed by atoms with Crippen molar-refractivity contribution in [3.8, 4) is 0 Å². The van der Waals surface area contributed by atoms with E-state index in [1.165, 1.54) is 11.1 Å². The molecule has 1 aromatic rings. The molecule has 1 atom stereocenters. The van der Waals surface area contributed by atoms with E-state index < -0.39 is 0 Å². The van der Waals surface area contributed by atoms with Gasteiger partial charge in [0.25, 0.3) is 0 Å². The molecule has 0 saturated carbocycles. The summed E-state index contributed by atoms with van der Waals surface area (Å²) >= 11 is 0. The van der Waals surface area contributed by atoms with Crippen LogP contribution in [-0.4, -0.2) is 25.8 Å². The van der Waals surface area contributed by atoms with Gasteiger partial charge in [0.15, 0.2) is 0 Å². The molecule has 0 N–H and O–H groups in total. The number of hydrogen-bond donors (Lipinski definition) is 0. The Kier molecular flexibility index (Phi) is 6.06. The number of rotatable bonds is 8. The molecule has 1 aromatic carbocycles. The van der Waals surface area contributed by atoms with Gasteiger partial charge in [0.1, 0.15) is 6.61 Å². The van der Waals surface area contributed by atoms with Crippen molar-refractivity contribution in [3.63, 3.8) is 0 Å². The SMILES string of the molecule is CCCCOCCOC(=O)CC1CCc2ccccc21. The highest BCUT2D eigenvalue weighted by atomic mass is 16.6. The number of carbonyl (C=O) groups excluding carboxylic acids is 1. The standard InChI is InChI=1S/C17H24O3/c1-2-3-10-19-11-12-20-17(18)13-15-9-8-14-6-4-5-7-16(14)15/h4-7,15H,2-3,8-13H2,1H3. The van der Waals surface area contributed by atoms with Crippen LogP contribution in [0.4, 0.5) is 0 Å². The minimum atomic E-state index is -0.106. The minimum absolute atomic E-state index is 0.106. The quantitative estimate of drug-likeness (QED) is 0.539. The molecule has 0 saturated heterocycles. The number of benzene rings is 1. The van der Waals surface area contributed by atoms with Gasteiger partial charge in [0.05, 0.1) is 13.0 Å². The molecule has 110 valence electrons. The molecule has 0 aromatic heterocycles. The predicted octanol–water partition coefficient (Wildman–Crippen LogP) is 3.47. The van der Waals surface area contributed by atoms with Gasteiger partial charge in [-0.25, -0.2) is 0 Å². The first-order chi connectivity index (χ1) is 9.81. The Hall–Kier alpha value is -1.35. The Morgan fingerprint density at radius 2 is 2.10 bits per heavy atom. The smallest absolute Gasteiger partial charge is 0.306 e. The van der Waals surface area contributed by atoms with Gasteiger partial charge in [-0.05, 0) is 36.3 Å². The zero-order valence-electron chi connectivity index (χ0n) is 12.3. The maximum atomic E-state index is 11.8. The second-order valence-corrected chi connectivity index (χ2v) is 5.32. The summed E-state index contributed by atoms with van der Waals surface area (Å²) in [4.78, 5) is 11.8. The van der Waals surface area contributed by atoms with Crippen LogP contribution in [0.3, 0.4) is 0 Å². The molecule has 0 aliphatic heterocycles. The Bertz CT molecular complexity index is 428. The van der Waals surface area contributed by atoms with Crippen molar-refractivity contribution in [3.05, 3.63) is 35.4 Å². The molecule has 0 spiro atoms. The summed E-state index contributed by atoms with van der Waals surface area (Å²) in [6, 6.07) is 8.40. The molecule has 1 aliphatic carbocycles. The van der Waals surface area contributed by atoms with Gasteiger partial charge in [-0.2, -0.15) is 0 Å². The summed E-state index contributed by atoms with van der Waals surface area (Å²) in [5, 5.41) is 0. The van der Waals surface area contributed by atoms with Crippen molar-refractivity contribution < 1.29 is 14.3 Å². The van der Waals surface area contributed by atoms with Crippen LogP contribution in [0, 0.1) is 0 Å².